The summed E-state index contributed by atoms with van der Waals surface area (Å²) >= 11 is 4.72. The number of carbonyl (C=O) groups excluding carboxylic acids is 1. The number of anilines is 1. The lowest BCUT2D eigenvalue weighted by Gasteiger charge is -2.04. The second-order valence-corrected chi connectivity index (χ2v) is 7.86. The lowest BCUT2D eigenvalue weighted by molar-refractivity contribution is -0.112. The van der Waals surface area contributed by atoms with E-state index in [1.165, 1.54) is 11.3 Å². The molecule has 0 saturated heterocycles. The minimum atomic E-state index is -0.490. The topological polar surface area (TPSA) is 75.0 Å². The molecule has 3 rings (SSSR count). The number of ether oxygens (including phenoxy) is 1. The molecule has 0 aliphatic carbocycles. The summed E-state index contributed by atoms with van der Waals surface area (Å²) in [4.78, 5) is 16.9. The summed E-state index contributed by atoms with van der Waals surface area (Å²) in [5.41, 5.74) is 2.47. The Labute approximate surface area is 181 Å². The van der Waals surface area contributed by atoms with Crippen LogP contribution >= 0.6 is 27.3 Å². The van der Waals surface area contributed by atoms with Gasteiger partial charge < -0.3 is 4.74 Å². The first-order valence-corrected chi connectivity index (χ1v) is 10.6. The first kappa shape index (κ1) is 20.8. The standard InChI is InChI=1S/C22H18BrN3O2S/c1-2-11-28-19-9-3-15(4-10-19)12-17(13-24)21(27)26-22-25-20(14-29-22)16-5-7-18(23)8-6-16/h3-10,12,14H,2,11H2,1H3,(H,25,26,27). The molecular weight excluding hydrogens is 450 g/mol. The molecule has 0 fully saturated rings. The molecule has 7 heteroatoms. The fraction of sp³-hybridized carbons (Fsp3) is 0.136. The van der Waals surface area contributed by atoms with Crippen molar-refractivity contribution in [3.8, 4) is 23.1 Å². The zero-order valence-electron chi connectivity index (χ0n) is 15.7. The molecule has 0 saturated carbocycles. The van der Waals surface area contributed by atoms with Crippen molar-refractivity contribution in [1.82, 2.24) is 4.98 Å². The Morgan fingerprint density at radius 3 is 2.62 bits per heavy atom. The lowest BCUT2D eigenvalue weighted by Crippen LogP contribution is -2.13. The highest BCUT2D eigenvalue weighted by Crippen LogP contribution is 2.26. The number of hydrogen-bond donors (Lipinski definition) is 1. The second-order valence-electron chi connectivity index (χ2n) is 6.09. The summed E-state index contributed by atoms with van der Waals surface area (Å²) < 4.78 is 6.52. The van der Waals surface area contributed by atoms with E-state index in [0.29, 0.717) is 11.7 Å². The van der Waals surface area contributed by atoms with Gasteiger partial charge in [-0.3, -0.25) is 10.1 Å². The number of nitrogens with one attached hydrogen (secondary N) is 1. The molecule has 5 nitrogen and oxygen atoms in total. The van der Waals surface area contributed by atoms with E-state index in [0.717, 1.165) is 33.5 Å². The summed E-state index contributed by atoms with van der Waals surface area (Å²) in [6, 6.07) is 17.0. The van der Waals surface area contributed by atoms with Crippen molar-refractivity contribution in [3.05, 3.63) is 69.5 Å². The SMILES string of the molecule is CCCOc1ccc(C=C(C#N)C(=O)Nc2nc(-c3ccc(Br)cc3)cs2)cc1. The maximum Gasteiger partial charge on any atom is 0.268 e. The molecule has 0 radical (unpaired) electrons. The molecule has 0 spiro atoms. The number of aromatic nitrogens is 1. The predicted molar refractivity (Wildman–Crippen MR) is 120 cm³/mol. The number of carbonyl (C=O) groups is 1. The van der Waals surface area contributed by atoms with E-state index in [1.807, 2.05) is 66.9 Å². The van der Waals surface area contributed by atoms with Gasteiger partial charge in [-0.15, -0.1) is 11.3 Å². The molecular formula is C22H18BrN3O2S. The molecule has 2 aromatic carbocycles. The molecule has 1 N–H and O–H groups in total. The Kier molecular flexibility index (Phi) is 7.17. The Balaban J connectivity index is 1.69. The maximum absolute atomic E-state index is 12.5. The van der Waals surface area contributed by atoms with Crippen LogP contribution in [-0.4, -0.2) is 17.5 Å². The van der Waals surface area contributed by atoms with Crippen LogP contribution in [0.3, 0.4) is 0 Å². The Hall–Kier alpha value is -2.95. The van der Waals surface area contributed by atoms with Crippen molar-refractivity contribution < 1.29 is 9.53 Å². The van der Waals surface area contributed by atoms with Crippen LogP contribution in [0.25, 0.3) is 17.3 Å². The van der Waals surface area contributed by atoms with Gasteiger partial charge in [0.2, 0.25) is 0 Å². The van der Waals surface area contributed by atoms with E-state index in [2.05, 4.69) is 26.2 Å². The summed E-state index contributed by atoms with van der Waals surface area (Å²) in [5, 5.41) is 14.4. The highest BCUT2D eigenvalue weighted by atomic mass is 79.9. The molecule has 0 atom stereocenters. The first-order valence-electron chi connectivity index (χ1n) is 8.96. The van der Waals surface area contributed by atoms with Crippen LogP contribution in [-0.2, 0) is 4.79 Å². The van der Waals surface area contributed by atoms with Crippen LogP contribution in [0.5, 0.6) is 5.75 Å². The van der Waals surface area contributed by atoms with E-state index < -0.39 is 5.91 Å². The van der Waals surface area contributed by atoms with Gasteiger partial charge in [-0.2, -0.15) is 5.26 Å². The molecule has 1 amide bonds. The first-order chi connectivity index (χ1) is 14.1. The Morgan fingerprint density at radius 1 is 1.24 bits per heavy atom. The largest absolute Gasteiger partial charge is 0.494 e. The smallest absolute Gasteiger partial charge is 0.268 e. The van der Waals surface area contributed by atoms with Gasteiger partial charge in [0.25, 0.3) is 5.91 Å². The monoisotopic (exact) mass is 467 g/mol. The number of amides is 1. The minimum absolute atomic E-state index is 0.00705. The van der Waals surface area contributed by atoms with Crippen LogP contribution < -0.4 is 10.1 Å². The van der Waals surface area contributed by atoms with Crippen molar-refractivity contribution >= 4 is 44.4 Å². The normalized spacial score (nSPS) is 11.0. The van der Waals surface area contributed by atoms with Gasteiger partial charge in [0, 0.05) is 15.4 Å². The number of rotatable bonds is 7. The summed E-state index contributed by atoms with van der Waals surface area (Å²) in [5.74, 6) is 0.269. The zero-order chi connectivity index (χ0) is 20.6. The van der Waals surface area contributed by atoms with Crippen molar-refractivity contribution in [1.29, 1.82) is 5.26 Å². The lowest BCUT2D eigenvalue weighted by atomic mass is 10.1. The third kappa shape index (κ3) is 5.76. The number of thiazole rings is 1. The van der Waals surface area contributed by atoms with Crippen molar-refractivity contribution in [2.24, 2.45) is 0 Å². The average Bonchev–Trinajstić information content (AvgIpc) is 3.20. The molecule has 0 aliphatic heterocycles. The summed E-state index contributed by atoms with van der Waals surface area (Å²) in [6.07, 6.45) is 2.48. The number of nitriles is 1. The summed E-state index contributed by atoms with van der Waals surface area (Å²) in [7, 11) is 0. The minimum Gasteiger partial charge on any atom is -0.494 e. The number of hydrogen-bond acceptors (Lipinski definition) is 5. The summed E-state index contributed by atoms with van der Waals surface area (Å²) in [6.45, 7) is 2.69. The Morgan fingerprint density at radius 2 is 1.97 bits per heavy atom. The fourth-order valence-corrected chi connectivity index (χ4v) is 3.42. The molecule has 0 aliphatic rings. The van der Waals surface area contributed by atoms with Crippen molar-refractivity contribution in [3.63, 3.8) is 0 Å². The highest BCUT2D eigenvalue weighted by Gasteiger charge is 2.12. The van der Waals surface area contributed by atoms with Crippen LogP contribution in [0.2, 0.25) is 0 Å². The third-order valence-corrected chi connectivity index (χ3v) is 5.18. The van der Waals surface area contributed by atoms with Gasteiger partial charge in [0.05, 0.1) is 12.3 Å². The van der Waals surface area contributed by atoms with Crippen LogP contribution in [0.15, 0.2) is 64.0 Å². The van der Waals surface area contributed by atoms with Crippen molar-refractivity contribution in [2.75, 3.05) is 11.9 Å². The number of halogens is 1. The van der Waals surface area contributed by atoms with Crippen LogP contribution in [0.1, 0.15) is 18.9 Å². The molecule has 1 heterocycles. The van der Waals surface area contributed by atoms with E-state index in [4.69, 9.17) is 4.74 Å². The van der Waals surface area contributed by atoms with E-state index >= 15 is 0 Å². The van der Waals surface area contributed by atoms with E-state index in [1.54, 1.807) is 6.08 Å². The Bertz CT molecular complexity index is 1050. The van der Waals surface area contributed by atoms with E-state index in [-0.39, 0.29) is 5.57 Å². The van der Waals surface area contributed by atoms with Gasteiger partial charge in [0.15, 0.2) is 5.13 Å². The highest BCUT2D eigenvalue weighted by molar-refractivity contribution is 9.10. The molecule has 0 bridgehead atoms. The fourth-order valence-electron chi connectivity index (χ4n) is 2.44. The second kappa shape index (κ2) is 10.0. The quantitative estimate of drug-likeness (QED) is 0.346. The third-order valence-electron chi connectivity index (χ3n) is 3.89. The molecule has 0 unspecified atom stereocenters. The zero-order valence-corrected chi connectivity index (χ0v) is 18.1. The van der Waals surface area contributed by atoms with E-state index in [9.17, 15) is 10.1 Å². The predicted octanol–water partition coefficient (Wildman–Crippen LogP) is 5.91. The van der Waals surface area contributed by atoms with Crippen molar-refractivity contribution in [2.45, 2.75) is 13.3 Å². The molecule has 3 aromatic rings. The van der Waals surface area contributed by atoms with Gasteiger partial charge in [0.1, 0.15) is 17.4 Å². The van der Waals surface area contributed by atoms with Crippen LogP contribution in [0, 0.1) is 11.3 Å². The number of nitrogens with zero attached hydrogens (tertiary/aromatic N) is 2. The molecule has 146 valence electrons. The van der Waals surface area contributed by atoms with Gasteiger partial charge in [-0.05, 0) is 42.3 Å². The van der Waals surface area contributed by atoms with Gasteiger partial charge in [-0.25, -0.2) is 4.98 Å². The molecule has 29 heavy (non-hydrogen) atoms. The average molecular weight is 468 g/mol. The van der Waals surface area contributed by atoms with Gasteiger partial charge in [-0.1, -0.05) is 47.1 Å². The maximum atomic E-state index is 12.5. The van der Waals surface area contributed by atoms with Gasteiger partial charge >= 0.3 is 0 Å². The van der Waals surface area contributed by atoms with Crippen LogP contribution in [0.4, 0.5) is 5.13 Å². The number of benzene rings is 2. The molecule has 1 aromatic heterocycles.